The molecule has 1 aromatic rings. The summed E-state index contributed by atoms with van der Waals surface area (Å²) in [7, 11) is 0. The maximum absolute atomic E-state index is 12.0. The summed E-state index contributed by atoms with van der Waals surface area (Å²) in [5.74, 6) is 0.102. The average molecular weight is 395 g/mol. The predicted octanol–water partition coefficient (Wildman–Crippen LogP) is 3.41. The Bertz CT molecular complexity index is 848. The molecule has 5 nitrogen and oxygen atoms in total. The molecule has 0 aromatic heterocycles. The van der Waals surface area contributed by atoms with Gasteiger partial charge in [0.25, 0.3) is 0 Å². The number of nitrogens with one attached hydrogen (secondary N) is 1. The first-order chi connectivity index (χ1) is 13.9. The highest BCUT2D eigenvalue weighted by Crippen LogP contribution is 2.82. The van der Waals surface area contributed by atoms with Crippen molar-refractivity contribution < 1.29 is 19.1 Å². The van der Waals surface area contributed by atoms with Crippen LogP contribution in [0.15, 0.2) is 54.6 Å². The number of benzene rings is 1. The molecule has 1 N–H and O–H groups in total. The SMILES string of the molecule is CC(=O)N[C@H]1[C@H](C)[C@@H](OCc2ccccc2)[C@@]23C=CC=C[C@@H]2[C@@]13CCOC(C)=O. The minimum absolute atomic E-state index is 0.0249. The normalized spacial score (nSPS) is 36.2. The standard InChI is InChI=1S/C24H29NO4/c1-16-21(25-17(2)26)23(13-14-28-18(3)27)20-11-7-8-12-24(20,23)22(16)29-15-19-9-5-4-6-10-19/h4-12,16,20-22H,13-15H2,1-3H3,(H,25,26)/t16-,20+,21-,22+,23-,24+/m0/s1. The second-order valence-electron chi connectivity index (χ2n) is 8.54. The Morgan fingerprint density at radius 1 is 1.14 bits per heavy atom. The molecule has 4 rings (SSSR count). The van der Waals surface area contributed by atoms with Gasteiger partial charge >= 0.3 is 5.97 Å². The molecule has 0 bridgehead atoms. The zero-order valence-electron chi connectivity index (χ0n) is 17.3. The van der Waals surface area contributed by atoms with Crippen LogP contribution in [0.1, 0.15) is 32.8 Å². The first-order valence-electron chi connectivity index (χ1n) is 10.4. The van der Waals surface area contributed by atoms with Crippen LogP contribution in [0, 0.1) is 22.7 Å². The van der Waals surface area contributed by atoms with E-state index >= 15 is 0 Å². The van der Waals surface area contributed by atoms with E-state index in [1.54, 1.807) is 6.92 Å². The molecule has 0 radical (unpaired) electrons. The minimum atomic E-state index is -0.274. The van der Waals surface area contributed by atoms with Crippen molar-refractivity contribution in [1.29, 1.82) is 0 Å². The molecule has 0 unspecified atom stereocenters. The van der Waals surface area contributed by atoms with Crippen molar-refractivity contribution >= 4 is 11.9 Å². The van der Waals surface area contributed by atoms with E-state index in [0.717, 1.165) is 5.56 Å². The van der Waals surface area contributed by atoms with Crippen LogP contribution in [0.4, 0.5) is 0 Å². The van der Waals surface area contributed by atoms with E-state index in [1.807, 2.05) is 18.2 Å². The van der Waals surface area contributed by atoms with E-state index in [0.29, 0.717) is 19.6 Å². The summed E-state index contributed by atoms with van der Waals surface area (Å²) in [4.78, 5) is 23.4. The minimum Gasteiger partial charge on any atom is -0.466 e. The van der Waals surface area contributed by atoms with Crippen molar-refractivity contribution in [2.45, 2.75) is 45.9 Å². The Labute approximate surface area is 172 Å². The van der Waals surface area contributed by atoms with Crippen LogP contribution in [-0.4, -0.2) is 30.6 Å². The Hall–Kier alpha value is -2.40. The highest BCUT2D eigenvalue weighted by Gasteiger charge is 2.85. The highest BCUT2D eigenvalue weighted by atomic mass is 16.5. The largest absolute Gasteiger partial charge is 0.466 e. The number of carbonyl (C=O) groups excluding carboxylic acids is 2. The van der Waals surface area contributed by atoms with E-state index in [4.69, 9.17) is 9.47 Å². The van der Waals surface area contributed by atoms with Crippen LogP contribution in [0.2, 0.25) is 0 Å². The van der Waals surface area contributed by atoms with E-state index < -0.39 is 0 Å². The van der Waals surface area contributed by atoms with E-state index in [-0.39, 0.29) is 46.7 Å². The average Bonchev–Trinajstić information content (AvgIpc) is 3.23. The van der Waals surface area contributed by atoms with Crippen molar-refractivity contribution in [3.8, 4) is 0 Å². The van der Waals surface area contributed by atoms with Gasteiger partial charge in [-0.15, -0.1) is 0 Å². The second kappa shape index (κ2) is 7.45. The lowest BCUT2D eigenvalue weighted by Gasteiger charge is -2.32. The lowest BCUT2D eigenvalue weighted by molar-refractivity contribution is -0.141. The molecule has 0 heterocycles. The van der Waals surface area contributed by atoms with Gasteiger partial charge < -0.3 is 14.8 Å². The molecule has 1 spiro atoms. The first kappa shape index (κ1) is 19.9. The topological polar surface area (TPSA) is 64.6 Å². The number of fused-ring (bicyclic) bond motifs is 1. The van der Waals surface area contributed by atoms with Gasteiger partial charge in [-0.25, -0.2) is 0 Å². The number of esters is 1. The maximum Gasteiger partial charge on any atom is 0.302 e. The van der Waals surface area contributed by atoms with Crippen molar-refractivity contribution in [3.63, 3.8) is 0 Å². The summed E-state index contributed by atoms with van der Waals surface area (Å²) in [5, 5.41) is 3.21. The summed E-state index contributed by atoms with van der Waals surface area (Å²) in [5.41, 5.74) is 0.763. The van der Waals surface area contributed by atoms with Crippen LogP contribution < -0.4 is 5.32 Å². The van der Waals surface area contributed by atoms with E-state index in [9.17, 15) is 9.59 Å². The van der Waals surface area contributed by atoms with Gasteiger partial charge in [0.2, 0.25) is 5.91 Å². The number of allylic oxidation sites excluding steroid dienone is 3. The fraction of sp³-hybridized carbons (Fsp3) is 0.500. The third kappa shape index (κ3) is 3.03. The van der Waals surface area contributed by atoms with Gasteiger partial charge in [-0.3, -0.25) is 9.59 Å². The summed E-state index contributed by atoms with van der Waals surface area (Å²) in [6.45, 7) is 6.04. The lowest BCUT2D eigenvalue weighted by Crippen LogP contribution is -2.46. The van der Waals surface area contributed by atoms with Crippen molar-refractivity contribution in [3.05, 3.63) is 60.2 Å². The van der Waals surface area contributed by atoms with Crippen LogP contribution in [-0.2, 0) is 25.7 Å². The molecule has 1 amide bonds. The molecular weight excluding hydrogens is 366 g/mol. The molecular formula is C24H29NO4. The van der Waals surface area contributed by atoms with Crippen molar-refractivity contribution in [2.24, 2.45) is 22.7 Å². The fourth-order valence-electron chi connectivity index (χ4n) is 6.12. The molecule has 3 aliphatic rings. The van der Waals surface area contributed by atoms with Gasteiger partial charge in [0.1, 0.15) is 0 Å². The Balaban J connectivity index is 1.64. The zero-order valence-corrected chi connectivity index (χ0v) is 17.3. The summed E-state index contributed by atoms with van der Waals surface area (Å²) >= 11 is 0. The molecule has 2 fully saturated rings. The fourth-order valence-corrected chi connectivity index (χ4v) is 6.12. The quantitative estimate of drug-likeness (QED) is 0.719. The summed E-state index contributed by atoms with van der Waals surface area (Å²) in [6.07, 6.45) is 9.33. The Morgan fingerprint density at radius 2 is 1.90 bits per heavy atom. The van der Waals surface area contributed by atoms with Crippen molar-refractivity contribution in [2.75, 3.05) is 6.61 Å². The Kier molecular flexibility index (Phi) is 5.11. The molecule has 154 valence electrons. The lowest BCUT2D eigenvalue weighted by atomic mass is 9.84. The number of amides is 1. The first-order valence-corrected chi connectivity index (χ1v) is 10.4. The number of rotatable bonds is 7. The predicted molar refractivity (Wildman–Crippen MR) is 110 cm³/mol. The molecule has 3 aliphatic carbocycles. The molecule has 0 aliphatic heterocycles. The summed E-state index contributed by atoms with van der Waals surface area (Å²) < 4.78 is 11.8. The summed E-state index contributed by atoms with van der Waals surface area (Å²) in [6, 6.07) is 10.1. The van der Waals surface area contributed by atoms with E-state index in [2.05, 4.69) is 48.7 Å². The van der Waals surface area contributed by atoms with E-state index in [1.165, 1.54) is 6.92 Å². The molecule has 2 saturated carbocycles. The maximum atomic E-state index is 12.0. The third-order valence-corrected chi connectivity index (χ3v) is 7.06. The number of carbonyl (C=O) groups is 2. The van der Waals surface area contributed by atoms with Gasteiger partial charge in [-0.1, -0.05) is 61.6 Å². The zero-order chi connectivity index (χ0) is 20.6. The van der Waals surface area contributed by atoms with Crippen LogP contribution in [0.3, 0.4) is 0 Å². The molecule has 0 saturated heterocycles. The van der Waals surface area contributed by atoms with Gasteiger partial charge in [-0.2, -0.15) is 0 Å². The van der Waals surface area contributed by atoms with Crippen LogP contribution >= 0.6 is 0 Å². The number of hydrogen-bond donors (Lipinski definition) is 1. The molecule has 6 atom stereocenters. The van der Waals surface area contributed by atoms with Gasteiger partial charge in [0, 0.05) is 36.6 Å². The van der Waals surface area contributed by atoms with Crippen LogP contribution in [0.5, 0.6) is 0 Å². The van der Waals surface area contributed by atoms with Gasteiger partial charge in [0.05, 0.1) is 19.3 Å². The second-order valence-corrected chi connectivity index (χ2v) is 8.54. The van der Waals surface area contributed by atoms with Crippen molar-refractivity contribution in [1.82, 2.24) is 5.32 Å². The highest BCUT2D eigenvalue weighted by molar-refractivity contribution is 5.74. The molecule has 1 aromatic carbocycles. The number of ether oxygens (including phenoxy) is 2. The Morgan fingerprint density at radius 3 is 2.59 bits per heavy atom. The van der Waals surface area contributed by atoms with Gasteiger partial charge in [0.15, 0.2) is 0 Å². The van der Waals surface area contributed by atoms with Gasteiger partial charge in [-0.05, 0) is 17.9 Å². The smallest absolute Gasteiger partial charge is 0.302 e. The number of hydrogen-bond acceptors (Lipinski definition) is 4. The molecule has 5 heteroatoms. The van der Waals surface area contributed by atoms with Crippen LogP contribution in [0.25, 0.3) is 0 Å². The molecule has 29 heavy (non-hydrogen) atoms. The monoisotopic (exact) mass is 395 g/mol. The third-order valence-electron chi connectivity index (χ3n) is 7.06.